The van der Waals surface area contributed by atoms with Crippen molar-refractivity contribution >= 4 is 23.8 Å². The molecule has 0 saturated heterocycles. The van der Waals surface area contributed by atoms with Crippen molar-refractivity contribution in [3.05, 3.63) is 29.8 Å². The number of benzene rings is 1. The fraction of sp³-hybridized carbons (Fsp3) is 0.500. The van der Waals surface area contributed by atoms with E-state index < -0.39 is 36.0 Å². The van der Waals surface area contributed by atoms with Crippen molar-refractivity contribution in [1.29, 1.82) is 0 Å². The van der Waals surface area contributed by atoms with Crippen LogP contribution in [-0.2, 0) is 30.3 Å². The highest BCUT2D eigenvalue weighted by atomic mass is 16.5. The third kappa shape index (κ3) is 10.2. The molecule has 0 spiro atoms. The average Bonchev–Trinajstić information content (AvgIpc) is 2.53. The Morgan fingerprint density at radius 3 is 2.07 bits per heavy atom. The molecule has 0 aromatic heterocycles. The molecular weight excluding hydrogens is 380 g/mol. The highest BCUT2D eigenvalue weighted by molar-refractivity contribution is 5.84. The number of carbonyl (C=O) groups is 4. The number of nitrogens with zero attached hydrogens (tertiary/aromatic N) is 1. The van der Waals surface area contributed by atoms with Gasteiger partial charge in [-0.05, 0) is 17.7 Å². The summed E-state index contributed by atoms with van der Waals surface area (Å²) >= 11 is 0. The third-order valence-corrected chi connectivity index (χ3v) is 3.76. The van der Waals surface area contributed by atoms with Crippen molar-refractivity contribution in [1.82, 2.24) is 5.32 Å². The van der Waals surface area contributed by atoms with E-state index in [-0.39, 0.29) is 12.8 Å². The average molecular weight is 409 g/mol. The van der Waals surface area contributed by atoms with Crippen LogP contribution in [-0.4, -0.2) is 73.2 Å². The summed E-state index contributed by atoms with van der Waals surface area (Å²) in [5, 5.41) is 11.9. The third-order valence-electron chi connectivity index (χ3n) is 3.76. The number of likely N-dealkylation sites (N-methyl/N-ethyl adjacent to an activating group) is 1. The number of quaternary nitrogens is 1. The van der Waals surface area contributed by atoms with Gasteiger partial charge in [0.05, 0.1) is 27.6 Å². The molecule has 2 atom stereocenters. The van der Waals surface area contributed by atoms with Crippen molar-refractivity contribution in [2.24, 2.45) is 0 Å². The summed E-state index contributed by atoms with van der Waals surface area (Å²) in [6.45, 7) is 2.95. The van der Waals surface area contributed by atoms with Gasteiger partial charge in [-0.1, -0.05) is 12.1 Å². The van der Waals surface area contributed by atoms with Crippen LogP contribution < -0.4 is 10.1 Å². The van der Waals surface area contributed by atoms with Crippen LogP contribution in [0.5, 0.6) is 5.75 Å². The van der Waals surface area contributed by atoms with E-state index in [9.17, 15) is 24.3 Å². The quantitative estimate of drug-likeness (QED) is 0.332. The van der Waals surface area contributed by atoms with Crippen molar-refractivity contribution in [2.75, 3.05) is 27.7 Å². The zero-order chi connectivity index (χ0) is 22.2. The van der Waals surface area contributed by atoms with E-state index in [1.54, 1.807) is 24.3 Å². The Morgan fingerprint density at radius 2 is 1.62 bits per heavy atom. The monoisotopic (exact) mass is 409 g/mol. The lowest BCUT2D eigenvalue weighted by Crippen LogP contribution is -2.47. The van der Waals surface area contributed by atoms with Crippen LogP contribution in [0.4, 0.5) is 0 Å². The van der Waals surface area contributed by atoms with Crippen molar-refractivity contribution in [3.8, 4) is 5.75 Å². The second kappa shape index (κ2) is 10.6. The lowest BCUT2D eigenvalue weighted by molar-refractivity contribution is -0.873. The number of aliphatic carboxylic acids is 1. The van der Waals surface area contributed by atoms with E-state index >= 15 is 0 Å². The first-order chi connectivity index (χ1) is 13.4. The Morgan fingerprint density at radius 1 is 1.03 bits per heavy atom. The molecule has 0 aliphatic rings. The van der Waals surface area contributed by atoms with Gasteiger partial charge in [-0.15, -0.1) is 0 Å². The Kier molecular flexibility index (Phi) is 8.78. The van der Waals surface area contributed by atoms with Gasteiger partial charge in [0, 0.05) is 20.3 Å². The lowest BCUT2D eigenvalue weighted by Gasteiger charge is -2.28. The second-order valence-corrected chi connectivity index (χ2v) is 7.81. The van der Waals surface area contributed by atoms with Gasteiger partial charge in [-0.3, -0.25) is 14.4 Å². The Balaban J connectivity index is 2.76. The number of ether oxygens (including phenoxy) is 2. The zero-order valence-corrected chi connectivity index (χ0v) is 17.4. The van der Waals surface area contributed by atoms with Crippen molar-refractivity contribution < 1.29 is 38.2 Å². The van der Waals surface area contributed by atoms with E-state index in [4.69, 9.17) is 9.47 Å². The van der Waals surface area contributed by atoms with Gasteiger partial charge in [0.25, 0.3) is 0 Å². The maximum absolute atomic E-state index is 12.4. The molecule has 1 aromatic rings. The first-order valence-corrected chi connectivity index (χ1v) is 9.13. The zero-order valence-electron chi connectivity index (χ0n) is 17.4. The lowest BCUT2D eigenvalue weighted by atomic mass is 10.1. The normalized spacial score (nSPS) is 13.1. The molecule has 0 fully saturated rings. The molecule has 29 heavy (non-hydrogen) atoms. The molecule has 0 heterocycles. The molecule has 1 aromatic carbocycles. The highest BCUT2D eigenvalue weighted by Gasteiger charge is 2.27. The van der Waals surface area contributed by atoms with Gasteiger partial charge in [0.1, 0.15) is 18.3 Å². The van der Waals surface area contributed by atoms with E-state index in [0.29, 0.717) is 22.3 Å². The minimum absolute atomic E-state index is 0.0506. The molecule has 9 nitrogen and oxygen atoms in total. The summed E-state index contributed by atoms with van der Waals surface area (Å²) in [6, 6.07) is 5.20. The largest absolute Gasteiger partial charge is 0.480 e. The summed E-state index contributed by atoms with van der Waals surface area (Å²) in [7, 11) is 5.69. The van der Waals surface area contributed by atoms with Crippen LogP contribution in [0.25, 0.3) is 0 Å². The van der Waals surface area contributed by atoms with E-state index in [2.05, 4.69) is 5.32 Å². The molecule has 0 aliphatic carbocycles. The SMILES string of the molecule is CC(=O)Oc1ccc(CC(NC(=O)CC(C[N+](C)(C)C)OC(C)=O)C(=O)O)cc1. The number of amides is 1. The summed E-state index contributed by atoms with van der Waals surface area (Å²) in [4.78, 5) is 46.2. The highest BCUT2D eigenvalue weighted by Crippen LogP contribution is 2.14. The number of nitrogens with one attached hydrogen (secondary N) is 1. The smallest absolute Gasteiger partial charge is 0.326 e. The van der Waals surface area contributed by atoms with E-state index in [0.717, 1.165) is 0 Å². The first kappa shape index (κ1) is 24.1. The number of carbonyl (C=O) groups excluding carboxylic acids is 3. The molecule has 2 unspecified atom stereocenters. The molecule has 0 radical (unpaired) electrons. The van der Waals surface area contributed by atoms with E-state index in [1.165, 1.54) is 13.8 Å². The van der Waals surface area contributed by atoms with Crippen LogP contribution in [0.1, 0.15) is 25.8 Å². The van der Waals surface area contributed by atoms with Crippen LogP contribution in [0, 0.1) is 0 Å². The molecule has 2 N–H and O–H groups in total. The molecule has 160 valence electrons. The Hall–Kier alpha value is -2.94. The Bertz CT molecular complexity index is 738. The fourth-order valence-electron chi connectivity index (χ4n) is 2.74. The van der Waals surface area contributed by atoms with Crippen LogP contribution in [0.15, 0.2) is 24.3 Å². The summed E-state index contributed by atoms with van der Waals surface area (Å²) in [5.74, 6) is -2.31. The van der Waals surface area contributed by atoms with Crippen LogP contribution in [0.3, 0.4) is 0 Å². The molecule has 0 aliphatic heterocycles. The number of rotatable bonds is 10. The van der Waals surface area contributed by atoms with Crippen molar-refractivity contribution in [2.45, 2.75) is 38.8 Å². The predicted molar refractivity (Wildman–Crippen MR) is 104 cm³/mol. The fourth-order valence-corrected chi connectivity index (χ4v) is 2.74. The standard InChI is InChI=1S/C20H28N2O7/c1-13(23)28-16-8-6-15(7-9-16)10-18(20(26)27)21-19(25)11-17(29-14(2)24)12-22(3,4)5/h6-9,17-18H,10-12H2,1-5H3,(H-,21,25,26,27)/p+1. The van der Waals surface area contributed by atoms with E-state index in [1.807, 2.05) is 21.1 Å². The number of esters is 2. The van der Waals surface area contributed by atoms with Crippen LogP contribution in [0.2, 0.25) is 0 Å². The summed E-state index contributed by atoms with van der Waals surface area (Å²) in [5.41, 5.74) is 0.650. The minimum atomic E-state index is -1.18. The number of carboxylic acids is 1. The van der Waals surface area contributed by atoms with Gasteiger partial charge >= 0.3 is 17.9 Å². The maximum Gasteiger partial charge on any atom is 0.326 e. The molecular formula is C20H29N2O7+. The number of carboxylic acid groups (broad SMARTS) is 1. The summed E-state index contributed by atoms with van der Waals surface area (Å²) in [6.07, 6.45) is -0.746. The van der Waals surface area contributed by atoms with Gasteiger partial charge in [-0.25, -0.2) is 4.79 Å². The Labute approximate surface area is 170 Å². The van der Waals surface area contributed by atoms with Crippen molar-refractivity contribution in [3.63, 3.8) is 0 Å². The van der Waals surface area contributed by atoms with Gasteiger partial charge in [-0.2, -0.15) is 0 Å². The second-order valence-electron chi connectivity index (χ2n) is 7.81. The number of hydrogen-bond donors (Lipinski definition) is 2. The van der Waals surface area contributed by atoms with Crippen LogP contribution >= 0.6 is 0 Å². The predicted octanol–water partition coefficient (Wildman–Crippen LogP) is 0.752. The molecule has 1 amide bonds. The molecule has 9 heteroatoms. The molecule has 0 bridgehead atoms. The minimum Gasteiger partial charge on any atom is -0.480 e. The molecule has 1 rings (SSSR count). The maximum atomic E-state index is 12.4. The summed E-state index contributed by atoms with van der Waals surface area (Å²) < 4.78 is 10.6. The van der Waals surface area contributed by atoms with Gasteiger partial charge < -0.3 is 24.4 Å². The first-order valence-electron chi connectivity index (χ1n) is 9.13. The van der Waals surface area contributed by atoms with Gasteiger partial charge in [0.2, 0.25) is 5.91 Å². The molecule has 0 saturated carbocycles. The number of hydrogen-bond acceptors (Lipinski definition) is 6. The topological polar surface area (TPSA) is 119 Å². The van der Waals surface area contributed by atoms with Gasteiger partial charge in [0.15, 0.2) is 6.10 Å².